The lowest BCUT2D eigenvalue weighted by Crippen LogP contribution is -2.42. The highest BCUT2D eigenvalue weighted by Crippen LogP contribution is 2.22. The molecule has 0 heterocycles. The minimum absolute atomic E-state index is 0.0755. The molecule has 142 valence electrons. The average Bonchev–Trinajstić information content (AvgIpc) is 3.28. The summed E-state index contributed by atoms with van der Waals surface area (Å²) in [4.78, 5) is 36.9. The van der Waals surface area contributed by atoms with Crippen molar-refractivity contribution < 1.29 is 19.1 Å². The molecule has 2 amide bonds. The van der Waals surface area contributed by atoms with E-state index in [1.54, 1.807) is 33.8 Å². The number of rotatable bonds is 6. The predicted molar refractivity (Wildman–Crippen MR) is 99.2 cm³/mol. The molecule has 1 aliphatic rings. The second kappa shape index (κ2) is 7.89. The van der Waals surface area contributed by atoms with Gasteiger partial charge in [-0.1, -0.05) is 18.2 Å². The molecule has 0 spiro atoms. The smallest absolute Gasteiger partial charge is 0.408 e. The highest BCUT2D eigenvalue weighted by atomic mass is 16.6. The minimum atomic E-state index is -0.704. The Morgan fingerprint density at radius 1 is 1.23 bits per heavy atom. The lowest BCUT2D eigenvalue weighted by molar-refractivity contribution is -0.120. The molecule has 0 saturated heterocycles. The number of hydrogen-bond donors (Lipinski definition) is 2. The Bertz CT molecular complexity index is 702. The minimum Gasteiger partial charge on any atom is -0.444 e. The standard InChI is InChI=1S/C20H28N2O4/c1-12-7-6-8-14(17(12)18(24)22-15-9-10-15)11-16(23)13(2)21-19(25)26-20(3,4)5/h6-8,13,15H,9-11H2,1-5H3,(H,21,25)(H,22,24). The van der Waals surface area contributed by atoms with E-state index in [2.05, 4.69) is 10.6 Å². The summed E-state index contributed by atoms with van der Waals surface area (Å²) in [6.07, 6.45) is 1.45. The quantitative estimate of drug-likeness (QED) is 0.817. The Hall–Kier alpha value is -2.37. The third-order valence-corrected chi connectivity index (χ3v) is 4.08. The Morgan fingerprint density at radius 2 is 1.88 bits per heavy atom. The molecule has 0 radical (unpaired) electrons. The number of nitrogens with one attached hydrogen (secondary N) is 2. The predicted octanol–water partition coefficient (Wildman–Crippen LogP) is 2.91. The molecular formula is C20H28N2O4. The molecule has 0 aliphatic heterocycles. The van der Waals surface area contributed by atoms with Crippen LogP contribution in [0.5, 0.6) is 0 Å². The van der Waals surface area contributed by atoms with Crippen LogP contribution in [0.1, 0.15) is 62.0 Å². The van der Waals surface area contributed by atoms with Crippen molar-refractivity contribution in [3.05, 3.63) is 34.9 Å². The first-order valence-electron chi connectivity index (χ1n) is 8.98. The lowest BCUT2D eigenvalue weighted by Gasteiger charge is -2.21. The van der Waals surface area contributed by atoms with Crippen molar-refractivity contribution in [2.24, 2.45) is 0 Å². The van der Waals surface area contributed by atoms with Crippen LogP contribution >= 0.6 is 0 Å². The molecule has 1 atom stereocenters. The highest BCUT2D eigenvalue weighted by Gasteiger charge is 2.27. The molecule has 0 bridgehead atoms. The van der Waals surface area contributed by atoms with Crippen LogP contribution in [0.4, 0.5) is 4.79 Å². The molecule has 6 nitrogen and oxygen atoms in total. The Morgan fingerprint density at radius 3 is 2.46 bits per heavy atom. The molecule has 1 aromatic carbocycles. The molecule has 26 heavy (non-hydrogen) atoms. The first-order valence-corrected chi connectivity index (χ1v) is 8.98. The zero-order valence-electron chi connectivity index (χ0n) is 16.1. The number of carbonyl (C=O) groups excluding carboxylic acids is 3. The van der Waals surface area contributed by atoms with Crippen molar-refractivity contribution in [3.63, 3.8) is 0 Å². The highest BCUT2D eigenvalue weighted by molar-refractivity contribution is 5.99. The second-order valence-electron chi connectivity index (χ2n) is 7.87. The Labute approximate surface area is 154 Å². The first kappa shape index (κ1) is 19.9. The van der Waals surface area contributed by atoms with E-state index in [4.69, 9.17) is 4.74 Å². The van der Waals surface area contributed by atoms with Crippen LogP contribution in [0.3, 0.4) is 0 Å². The van der Waals surface area contributed by atoms with E-state index in [1.165, 1.54) is 0 Å². The summed E-state index contributed by atoms with van der Waals surface area (Å²) < 4.78 is 5.17. The Balaban J connectivity index is 2.05. The summed E-state index contributed by atoms with van der Waals surface area (Å²) in [7, 11) is 0. The molecule has 1 fully saturated rings. The Kier molecular flexibility index (Phi) is 6.05. The largest absolute Gasteiger partial charge is 0.444 e. The maximum atomic E-state index is 12.5. The van der Waals surface area contributed by atoms with Gasteiger partial charge in [-0.3, -0.25) is 9.59 Å². The zero-order valence-corrected chi connectivity index (χ0v) is 16.1. The van der Waals surface area contributed by atoms with Gasteiger partial charge in [0.1, 0.15) is 5.60 Å². The zero-order chi connectivity index (χ0) is 19.5. The maximum absolute atomic E-state index is 12.5. The summed E-state index contributed by atoms with van der Waals surface area (Å²) in [5.74, 6) is -0.317. The normalized spacial score (nSPS) is 15.1. The van der Waals surface area contributed by atoms with Crippen LogP contribution in [0, 0.1) is 6.92 Å². The van der Waals surface area contributed by atoms with Gasteiger partial charge in [-0.2, -0.15) is 0 Å². The van der Waals surface area contributed by atoms with Crippen LogP contribution in [0.2, 0.25) is 0 Å². The van der Waals surface area contributed by atoms with Crippen molar-refractivity contribution in [3.8, 4) is 0 Å². The van der Waals surface area contributed by atoms with Crippen molar-refractivity contribution in [2.45, 2.75) is 71.6 Å². The van der Waals surface area contributed by atoms with Crippen LogP contribution in [-0.4, -0.2) is 35.5 Å². The molecule has 2 rings (SSSR count). The third-order valence-electron chi connectivity index (χ3n) is 4.08. The van der Waals surface area contributed by atoms with Gasteiger partial charge in [0.05, 0.1) is 6.04 Å². The van der Waals surface area contributed by atoms with Crippen molar-refractivity contribution in [2.75, 3.05) is 0 Å². The summed E-state index contributed by atoms with van der Waals surface area (Å²) in [6.45, 7) is 8.76. The van der Waals surface area contributed by atoms with Crippen LogP contribution in [0.15, 0.2) is 18.2 Å². The topological polar surface area (TPSA) is 84.5 Å². The van der Waals surface area contributed by atoms with E-state index >= 15 is 0 Å². The van der Waals surface area contributed by atoms with E-state index in [9.17, 15) is 14.4 Å². The molecule has 1 saturated carbocycles. The third kappa shape index (κ3) is 5.86. The monoisotopic (exact) mass is 360 g/mol. The molecule has 0 aromatic heterocycles. The van der Waals surface area contributed by atoms with Gasteiger partial charge in [-0.05, 0) is 58.6 Å². The van der Waals surface area contributed by atoms with E-state index in [0.29, 0.717) is 11.1 Å². The van der Waals surface area contributed by atoms with Gasteiger partial charge in [0, 0.05) is 18.0 Å². The number of ether oxygens (including phenoxy) is 1. The van der Waals surface area contributed by atoms with Crippen LogP contribution < -0.4 is 10.6 Å². The average molecular weight is 360 g/mol. The summed E-state index contributed by atoms with van der Waals surface area (Å²) >= 11 is 0. The van der Waals surface area contributed by atoms with Gasteiger partial charge in [0.25, 0.3) is 5.91 Å². The number of hydrogen-bond acceptors (Lipinski definition) is 4. The summed E-state index contributed by atoms with van der Waals surface area (Å²) in [5, 5.41) is 5.52. The fourth-order valence-corrected chi connectivity index (χ4v) is 2.59. The number of amides is 2. The van der Waals surface area contributed by atoms with Gasteiger partial charge >= 0.3 is 6.09 Å². The number of Topliss-reactive ketones (excluding diaryl/α,β-unsaturated/α-hetero) is 1. The fourth-order valence-electron chi connectivity index (χ4n) is 2.59. The second-order valence-corrected chi connectivity index (χ2v) is 7.87. The van der Waals surface area contributed by atoms with Crippen molar-refractivity contribution in [1.29, 1.82) is 0 Å². The van der Waals surface area contributed by atoms with Crippen LogP contribution in [-0.2, 0) is 16.0 Å². The van der Waals surface area contributed by atoms with Crippen molar-refractivity contribution >= 4 is 17.8 Å². The molecule has 2 N–H and O–H groups in total. The van der Waals surface area contributed by atoms with Gasteiger partial charge in [-0.15, -0.1) is 0 Å². The van der Waals surface area contributed by atoms with Gasteiger partial charge in [0.15, 0.2) is 5.78 Å². The first-order chi connectivity index (χ1) is 12.1. The van der Waals surface area contributed by atoms with E-state index in [1.807, 2.05) is 19.1 Å². The van der Waals surface area contributed by atoms with Gasteiger partial charge in [0.2, 0.25) is 0 Å². The maximum Gasteiger partial charge on any atom is 0.408 e. The number of aryl methyl sites for hydroxylation is 1. The summed E-state index contributed by atoms with van der Waals surface area (Å²) in [6, 6.07) is 5.02. The molecular weight excluding hydrogens is 332 g/mol. The lowest BCUT2D eigenvalue weighted by atomic mass is 9.95. The van der Waals surface area contributed by atoms with E-state index in [-0.39, 0.29) is 24.2 Å². The van der Waals surface area contributed by atoms with E-state index < -0.39 is 17.7 Å². The fraction of sp³-hybridized carbons (Fsp3) is 0.550. The number of alkyl carbamates (subject to hydrolysis) is 1. The summed E-state index contributed by atoms with van der Waals surface area (Å²) in [5.41, 5.74) is 1.43. The van der Waals surface area contributed by atoms with Gasteiger partial charge in [-0.25, -0.2) is 4.79 Å². The molecule has 6 heteroatoms. The SMILES string of the molecule is Cc1cccc(CC(=O)C(C)NC(=O)OC(C)(C)C)c1C(=O)NC1CC1. The number of benzene rings is 1. The van der Waals surface area contributed by atoms with E-state index in [0.717, 1.165) is 18.4 Å². The van der Waals surface area contributed by atoms with Crippen LogP contribution in [0.25, 0.3) is 0 Å². The van der Waals surface area contributed by atoms with Gasteiger partial charge < -0.3 is 15.4 Å². The molecule has 1 aromatic rings. The number of ketones is 1. The number of carbonyl (C=O) groups is 3. The molecule has 1 aliphatic carbocycles. The molecule has 1 unspecified atom stereocenters. The van der Waals surface area contributed by atoms with Crippen molar-refractivity contribution in [1.82, 2.24) is 10.6 Å².